The molecule has 0 bridgehead atoms. The monoisotopic (exact) mass is 270 g/mol. The molecule has 2 N–H and O–H groups in total. The molecule has 1 fully saturated rings. The van der Waals surface area contributed by atoms with Gasteiger partial charge in [0.15, 0.2) is 0 Å². The van der Waals surface area contributed by atoms with Crippen molar-refractivity contribution in [3.8, 4) is 0 Å². The topological polar surface area (TPSA) is 55.0 Å². The summed E-state index contributed by atoms with van der Waals surface area (Å²) in [6.45, 7) is 1.73. The lowest BCUT2D eigenvalue weighted by Gasteiger charge is -2.36. The van der Waals surface area contributed by atoms with Gasteiger partial charge in [0.25, 0.3) is 0 Å². The van der Waals surface area contributed by atoms with E-state index in [-0.39, 0.29) is 0 Å². The van der Waals surface area contributed by atoms with Crippen LogP contribution in [0.15, 0.2) is 17.0 Å². The van der Waals surface area contributed by atoms with Crippen molar-refractivity contribution < 1.29 is 0 Å². The maximum atomic E-state index is 5.78. The zero-order valence-electron chi connectivity index (χ0n) is 8.56. The molecule has 1 aliphatic heterocycles. The molecule has 2 rings (SSSR count). The quantitative estimate of drug-likeness (QED) is 0.886. The number of nitrogens with zero attached hydrogens (tertiary/aromatic N) is 3. The van der Waals surface area contributed by atoms with E-state index >= 15 is 0 Å². The summed E-state index contributed by atoms with van der Waals surface area (Å²) < 4.78 is 0.949. The van der Waals surface area contributed by atoms with Gasteiger partial charge in [-0.05, 0) is 35.2 Å². The lowest BCUT2D eigenvalue weighted by atomic mass is 10.0. The van der Waals surface area contributed by atoms with E-state index in [1.54, 1.807) is 12.5 Å². The molecule has 1 aliphatic rings. The van der Waals surface area contributed by atoms with Crippen molar-refractivity contribution >= 4 is 21.7 Å². The molecule has 15 heavy (non-hydrogen) atoms. The highest BCUT2D eigenvalue weighted by atomic mass is 79.9. The van der Waals surface area contributed by atoms with Crippen LogP contribution in [0.1, 0.15) is 19.3 Å². The lowest BCUT2D eigenvalue weighted by molar-refractivity contribution is 0.461. The largest absolute Gasteiger partial charge is 0.351 e. The summed E-state index contributed by atoms with van der Waals surface area (Å²) in [5.41, 5.74) is 5.78. The summed E-state index contributed by atoms with van der Waals surface area (Å²) in [7, 11) is 0. The summed E-state index contributed by atoms with van der Waals surface area (Å²) in [6.07, 6.45) is 7.01. The molecule has 0 spiro atoms. The Bertz CT molecular complexity index is 331. The van der Waals surface area contributed by atoms with Gasteiger partial charge in [0.05, 0.1) is 4.47 Å². The van der Waals surface area contributed by atoms with E-state index in [2.05, 4.69) is 30.8 Å². The molecule has 0 saturated carbocycles. The molecule has 0 aliphatic carbocycles. The number of aromatic nitrogens is 2. The molecule has 1 aromatic rings. The Morgan fingerprint density at radius 2 is 2.40 bits per heavy atom. The highest BCUT2D eigenvalue weighted by Crippen LogP contribution is 2.28. The zero-order valence-corrected chi connectivity index (χ0v) is 10.2. The molecule has 1 saturated heterocycles. The molecule has 1 atom stereocenters. The third-order valence-electron chi connectivity index (χ3n) is 2.82. The van der Waals surface area contributed by atoms with Crippen LogP contribution in [0.3, 0.4) is 0 Å². The fourth-order valence-electron chi connectivity index (χ4n) is 2.04. The number of anilines is 1. The Hall–Kier alpha value is -0.680. The predicted octanol–water partition coefficient (Wildman–Crippen LogP) is 1.56. The van der Waals surface area contributed by atoms with Crippen molar-refractivity contribution in [2.75, 3.05) is 18.0 Å². The highest BCUT2D eigenvalue weighted by molar-refractivity contribution is 9.10. The van der Waals surface area contributed by atoms with Crippen molar-refractivity contribution in [2.45, 2.75) is 25.3 Å². The molecular weight excluding hydrogens is 256 g/mol. The van der Waals surface area contributed by atoms with Crippen molar-refractivity contribution in [1.82, 2.24) is 9.97 Å². The second-order valence-corrected chi connectivity index (χ2v) is 4.63. The van der Waals surface area contributed by atoms with Gasteiger partial charge in [-0.3, -0.25) is 0 Å². The highest BCUT2D eigenvalue weighted by Gasteiger charge is 2.23. The van der Waals surface area contributed by atoms with E-state index in [0.717, 1.165) is 23.3 Å². The standard InChI is InChI=1S/C10H15BrN4/c11-9-6-13-7-14-10(9)15-4-2-1-3-8(15)5-12/h6-8H,1-5,12H2. The Morgan fingerprint density at radius 3 is 3.13 bits per heavy atom. The van der Waals surface area contributed by atoms with Crippen LogP contribution in [0.2, 0.25) is 0 Å². The Morgan fingerprint density at radius 1 is 1.53 bits per heavy atom. The number of halogens is 1. The van der Waals surface area contributed by atoms with Crippen LogP contribution >= 0.6 is 15.9 Å². The summed E-state index contributed by atoms with van der Waals surface area (Å²) in [5, 5.41) is 0. The smallest absolute Gasteiger partial charge is 0.146 e. The second-order valence-electron chi connectivity index (χ2n) is 3.77. The minimum absolute atomic E-state index is 0.421. The SMILES string of the molecule is NCC1CCCCN1c1ncncc1Br. The number of piperidine rings is 1. The number of hydrogen-bond donors (Lipinski definition) is 1. The van der Waals surface area contributed by atoms with Crippen molar-refractivity contribution in [1.29, 1.82) is 0 Å². The van der Waals surface area contributed by atoms with Crippen LogP contribution in [0.25, 0.3) is 0 Å². The number of rotatable bonds is 2. The molecule has 4 nitrogen and oxygen atoms in total. The molecule has 5 heteroatoms. The summed E-state index contributed by atoms with van der Waals surface area (Å²) in [4.78, 5) is 10.6. The average molecular weight is 271 g/mol. The molecule has 0 aromatic carbocycles. The van der Waals surface area contributed by atoms with Crippen LogP contribution in [-0.4, -0.2) is 29.1 Å². The molecule has 0 radical (unpaired) electrons. The second kappa shape index (κ2) is 4.90. The van der Waals surface area contributed by atoms with Gasteiger partial charge in [-0.15, -0.1) is 0 Å². The van der Waals surface area contributed by atoms with E-state index < -0.39 is 0 Å². The fourth-order valence-corrected chi connectivity index (χ4v) is 2.49. The summed E-state index contributed by atoms with van der Waals surface area (Å²) in [6, 6.07) is 0.421. The molecule has 1 aromatic heterocycles. The Balaban J connectivity index is 2.24. The Labute approximate surface area is 98.0 Å². The van der Waals surface area contributed by atoms with E-state index in [1.165, 1.54) is 12.8 Å². The first-order chi connectivity index (χ1) is 7.33. The van der Waals surface area contributed by atoms with Crippen molar-refractivity contribution in [2.24, 2.45) is 5.73 Å². The van der Waals surface area contributed by atoms with Gasteiger partial charge in [0.1, 0.15) is 12.1 Å². The third kappa shape index (κ3) is 2.29. The zero-order chi connectivity index (χ0) is 10.7. The first-order valence-corrected chi connectivity index (χ1v) is 6.04. The molecule has 0 amide bonds. The molecule has 2 heterocycles. The van der Waals surface area contributed by atoms with E-state index in [1.807, 2.05) is 0 Å². The van der Waals surface area contributed by atoms with Crippen LogP contribution in [0, 0.1) is 0 Å². The summed E-state index contributed by atoms with van der Waals surface area (Å²) >= 11 is 3.48. The van der Waals surface area contributed by atoms with Gasteiger partial charge in [0.2, 0.25) is 0 Å². The first kappa shape index (κ1) is 10.8. The van der Waals surface area contributed by atoms with Crippen molar-refractivity contribution in [3.63, 3.8) is 0 Å². The number of hydrogen-bond acceptors (Lipinski definition) is 4. The van der Waals surface area contributed by atoms with Crippen LogP contribution in [0.4, 0.5) is 5.82 Å². The van der Waals surface area contributed by atoms with Gasteiger partial charge in [0, 0.05) is 25.3 Å². The minimum Gasteiger partial charge on any atom is -0.351 e. The van der Waals surface area contributed by atoms with Crippen LogP contribution in [0.5, 0.6) is 0 Å². The maximum Gasteiger partial charge on any atom is 0.146 e. The number of nitrogens with two attached hydrogens (primary N) is 1. The Kier molecular flexibility index (Phi) is 3.53. The fraction of sp³-hybridized carbons (Fsp3) is 0.600. The van der Waals surface area contributed by atoms with Crippen LogP contribution < -0.4 is 10.6 Å². The first-order valence-electron chi connectivity index (χ1n) is 5.25. The van der Waals surface area contributed by atoms with E-state index in [9.17, 15) is 0 Å². The predicted molar refractivity (Wildman–Crippen MR) is 63.8 cm³/mol. The van der Waals surface area contributed by atoms with Gasteiger partial charge < -0.3 is 10.6 Å². The van der Waals surface area contributed by atoms with Gasteiger partial charge in [-0.1, -0.05) is 0 Å². The maximum absolute atomic E-state index is 5.78. The van der Waals surface area contributed by atoms with E-state index in [4.69, 9.17) is 5.73 Å². The molecular formula is C10H15BrN4. The van der Waals surface area contributed by atoms with Crippen molar-refractivity contribution in [3.05, 3.63) is 17.0 Å². The van der Waals surface area contributed by atoms with Gasteiger partial charge >= 0.3 is 0 Å². The average Bonchev–Trinajstić information content (AvgIpc) is 2.30. The summed E-state index contributed by atoms with van der Waals surface area (Å²) in [5.74, 6) is 0.972. The van der Waals surface area contributed by atoms with Crippen LogP contribution in [-0.2, 0) is 0 Å². The molecule has 1 unspecified atom stereocenters. The van der Waals surface area contributed by atoms with Gasteiger partial charge in [-0.2, -0.15) is 0 Å². The van der Waals surface area contributed by atoms with E-state index in [0.29, 0.717) is 12.6 Å². The third-order valence-corrected chi connectivity index (χ3v) is 3.38. The lowest BCUT2D eigenvalue weighted by Crippen LogP contribution is -2.44. The molecule has 82 valence electrons. The minimum atomic E-state index is 0.421. The van der Waals surface area contributed by atoms with Gasteiger partial charge in [-0.25, -0.2) is 9.97 Å². The normalized spacial score (nSPS) is 21.7.